The van der Waals surface area contributed by atoms with Crippen LogP contribution in [0.2, 0.25) is 0 Å². The van der Waals surface area contributed by atoms with Gasteiger partial charge in [-0.2, -0.15) is 0 Å². The number of rotatable bonds is 1. The Bertz CT molecular complexity index is 436. The standard InChI is InChI=1S/C16H20O/c1-15(2,17)9-10-16(3)11-14(12-16)13-7-5-4-6-8-13/h4-8,14,17H,11-12H2,1-3H3. The highest BCUT2D eigenvalue weighted by Gasteiger charge is 2.39. The molecule has 2 rings (SSSR count). The van der Waals surface area contributed by atoms with Crippen LogP contribution in [-0.4, -0.2) is 10.7 Å². The van der Waals surface area contributed by atoms with Gasteiger partial charge >= 0.3 is 0 Å². The molecule has 0 amide bonds. The Morgan fingerprint density at radius 2 is 1.82 bits per heavy atom. The van der Waals surface area contributed by atoms with Crippen molar-refractivity contribution in [3.05, 3.63) is 35.9 Å². The third-order valence-electron chi connectivity index (χ3n) is 3.34. The van der Waals surface area contributed by atoms with E-state index in [1.807, 2.05) is 0 Å². The number of benzene rings is 1. The molecule has 0 atom stereocenters. The van der Waals surface area contributed by atoms with Gasteiger partial charge in [0.25, 0.3) is 0 Å². The molecule has 1 aliphatic rings. The van der Waals surface area contributed by atoms with Crippen LogP contribution in [0.5, 0.6) is 0 Å². The molecule has 1 N–H and O–H groups in total. The Hall–Kier alpha value is -1.26. The minimum atomic E-state index is -0.874. The zero-order valence-electron chi connectivity index (χ0n) is 10.8. The van der Waals surface area contributed by atoms with Crippen LogP contribution in [0.3, 0.4) is 0 Å². The van der Waals surface area contributed by atoms with E-state index in [2.05, 4.69) is 49.1 Å². The van der Waals surface area contributed by atoms with E-state index in [0.717, 1.165) is 12.8 Å². The highest BCUT2D eigenvalue weighted by atomic mass is 16.3. The maximum atomic E-state index is 9.61. The van der Waals surface area contributed by atoms with E-state index in [9.17, 15) is 5.11 Å². The first-order chi connectivity index (χ1) is 7.88. The Kier molecular flexibility index (Phi) is 3.02. The minimum Gasteiger partial charge on any atom is -0.378 e. The van der Waals surface area contributed by atoms with Crippen LogP contribution in [0.1, 0.15) is 45.1 Å². The third kappa shape index (κ3) is 3.11. The molecule has 0 radical (unpaired) electrons. The van der Waals surface area contributed by atoms with E-state index >= 15 is 0 Å². The second-order valence-corrected chi connectivity index (χ2v) is 5.89. The van der Waals surface area contributed by atoms with Crippen molar-refractivity contribution >= 4 is 0 Å². The van der Waals surface area contributed by atoms with Gasteiger partial charge in [0.15, 0.2) is 0 Å². The van der Waals surface area contributed by atoms with Gasteiger partial charge in [0.05, 0.1) is 0 Å². The summed E-state index contributed by atoms with van der Waals surface area (Å²) in [7, 11) is 0. The average Bonchev–Trinajstić information content (AvgIpc) is 2.23. The average molecular weight is 228 g/mol. The smallest absolute Gasteiger partial charge is 0.119 e. The number of hydrogen-bond donors (Lipinski definition) is 1. The van der Waals surface area contributed by atoms with E-state index in [0.29, 0.717) is 5.92 Å². The van der Waals surface area contributed by atoms with Crippen molar-refractivity contribution in [3.63, 3.8) is 0 Å². The highest BCUT2D eigenvalue weighted by molar-refractivity contribution is 5.29. The SMILES string of the molecule is CC(C)(O)C#CC1(C)CC(c2ccccc2)C1. The van der Waals surface area contributed by atoms with E-state index < -0.39 is 5.60 Å². The van der Waals surface area contributed by atoms with Crippen molar-refractivity contribution in [2.24, 2.45) is 5.41 Å². The van der Waals surface area contributed by atoms with Gasteiger partial charge in [-0.1, -0.05) is 42.2 Å². The monoisotopic (exact) mass is 228 g/mol. The predicted octanol–water partition coefficient (Wildman–Crippen LogP) is 3.34. The van der Waals surface area contributed by atoms with Crippen molar-refractivity contribution in [2.45, 2.75) is 45.1 Å². The van der Waals surface area contributed by atoms with Gasteiger partial charge in [-0.3, -0.25) is 0 Å². The fourth-order valence-corrected chi connectivity index (χ4v) is 2.39. The molecule has 1 aromatic rings. The maximum Gasteiger partial charge on any atom is 0.119 e. The lowest BCUT2D eigenvalue weighted by atomic mass is 9.61. The summed E-state index contributed by atoms with van der Waals surface area (Å²) in [6.07, 6.45) is 2.19. The van der Waals surface area contributed by atoms with Crippen LogP contribution in [0.25, 0.3) is 0 Å². The fourth-order valence-electron chi connectivity index (χ4n) is 2.39. The summed E-state index contributed by atoms with van der Waals surface area (Å²) in [6, 6.07) is 10.6. The maximum absolute atomic E-state index is 9.61. The molecule has 90 valence electrons. The summed E-state index contributed by atoms with van der Waals surface area (Å²) in [5.41, 5.74) is 0.622. The first-order valence-electron chi connectivity index (χ1n) is 6.20. The molecule has 0 heterocycles. The van der Waals surface area contributed by atoms with E-state index in [1.165, 1.54) is 5.56 Å². The molecule has 1 nitrogen and oxygen atoms in total. The largest absolute Gasteiger partial charge is 0.378 e. The van der Waals surface area contributed by atoms with Crippen LogP contribution >= 0.6 is 0 Å². The Morgan fingerprint density at radius 3 is 2.35 bits per heavy atom. The molecular formula is C16H20O. The van der Waals surface area contributed by atoms with Crippen molar-refractivity contribution < 1.29 is 5.11 Å². The van der Waals surface area contributed by atoms with Crippen molar-refractivity contribution in [2.75, 3.05) is 0 Å². The van der Waals surface area contributed by atoms with E-state index in [4.69, 9.17) is 0 Å². The summed E-state index contributed by atoms with van der Waals surface area (Å²) < 4.78 is 0. The lowest BCUT2D eigenvalue weighted by Gasteiger charge is -2.42. The van der Waals surface area contributed by atoms with Gasteiger partial charge in [-0.25, -0.2) is 0 Å². The fraction of sp³-hybridized carbons (Fsp3) is 0.500. The van der Waals surface area contributed by atoms with E-state index in [1.54, 1.807) is 13.8 Å². The molecule has 17 heavy (non-hydrogen) atoms. The van der Waals surface area contributed by atoms with Gasteiger partial charge in [0, 0.05) is 5.41 Å². The molecule has 0 saturated heterocycles. The highest BCUT2D eigenvalue weighted by Crippen LogP contribution is 2.50. The lowest BCUT2D eigenvalue weighted by molar-refractivity contribution is 0.141. The topological polar surface area (TPSA) is 20.2 Å². The molecule has 0 spiro atoms. The van der Waals surface area contributed by atoms with E-state index in [-0.39, 0.29) is 5.41 Å². The molecule has 0 aromatic heterocycles. The molecule has 1 aromatic carbocycles. The summed E-state index contributed by atoms with van der Waals surface area (Å²) in [6.45, 7) is 5.65. The van der Waals surface area contributed by atoms with Crippen LogP contribution in [0.15, 0.2) is 30.3 Å². The number of aliphatic hydroxyl groups is 1. The summed E-state index contributed by atoms with van der Waals surface area (Å²) in [4.78, 5) is 0. The summed E-state index contributed by atoms with van der Waals surface area (Å²) in [5.74, 6) is 6.81. The van der Waals surface area contributed by atoms with Gasteiger partial charge in [0.2, 0.25) is 0 Å². The Labute approximate surface area is 104 Å². The first-order valence-corrected chi connectivity index (χ1v) is 6.20. The molecule has 0 aliphatic heterocycles. The Morgan fingerprint density at radius 1 is 1.24 bits per heavy atom. The minimum absolute atomic E-state index is 0.0838. The van der Waals surface area contributed by atoms with Gasteiger partial charge in [0.1, 0.15) is 5.60 Å². The second-order valence-electron chi connectivity index (χ2n) is 5.89. The molecular weight excluding hydrogens is 208 g/mol. The molecule has 1 aliphatic carbocycles. The van der Waals surface area contributed by atoms with Crippen LogP contribution in [0.4, 0.5) is 0 Å². The van der Waals surface area contributed by atoms with Crippen LogP contribution < -0.4 is 0 Å². The first kappa shape index (κ1) is 12.2. The summed E-state index contributed by atoms with van der Waals surface area (Å²) >= 11 is 0. The van der Waals surface area contributed by atoms with Crippen LogP contribution in [0, 0.1) is 17.3 Å². The van der Waals surface area contributed by atoms with Gasteiger partial charge in [-0.15, -0.1) is 0 Å². The lowest BCUT2D eigenvalue weighted by Crippen LogP contribution is -2.32. The summed E-state index contributed by atoms with van der Waals surface area (Å²) in [5, 5.41) is 9.61. The van der Waals surface area contributed by atoms with Crippen molar-refractivity contribution in [1.29, 1.82) is 0 Å². The van der Waals surface area contributed by atoms with Crippen LogP contribution in [-0.2, 0) is 0 Å². The second kappa shape index (κ2) is 4.20. The Balaban J connectivity index is 2.00. The molecule has 1 saturated carbocycles. The normalized spacial score (nSPS) is 27.9. The van der Waals surface area contributed by atoms with Gasteiger partial charge < -0.3 is 5.11 Å². The van der Waals surface area contributed by atoms with Crippen molar-refractivity contribution in [3.8, 4) is 11.8 Å². The predicted molar refractivity (Wildman–Crippen MR) is 70.6 cm³/mol. The molecule has 0 bridgehead atoms. The molecule has 1 fully saturated rings. The van der Waals surface area contributed by atoms with Gasteiger partial charge in [-0.05, 0) is 45.1 Å². The van der Waals surface area contributed by atoms with Crippen molar-refractivity contribution in [1.82, 2.24) is 0 Å². The molecule has 1 heteroatoms. The third-order valence-corrected chi connectivity index (χ3v) is 3.34. The quantitative estimate of drug-likeness (QED) is 0.731. The molecule has 0 unspecified atom stereocenters. The zero-order chi connectivity index (χ0) is 12.5. The number of hydrogen-bond acceptors (Lipinski definition) is 1. The zero-order valence-corrected chi connectivity index (χ0v) is 10.8.